The van der Waals surface area contributed by atoms with Gasteiger partial charge in [0.1, 0.15) is 0 Å². The Morgan fingerprint density at radius 1 is 0.440 bits per heavy atom. The molecule has 4 aromatic carbocycles. The number of carboxylic acids is 2. The van der Waals surface area contributed by atoms with E-state index in [1.165, 1.54) is 0 Å². The average molecular weight is 685 g/mol. The van der Waals surface area contributed by atoms with E-state index in [1.54, 1.807) is 123 Å². The SMILES string of the molecule is CCOC(=O)C(=O)c1ccccc1.CCOC(=O)C(=O)c1ccccc1.O=C(O)C(=O)Cc1ccccc1.O=C(O)C(=O)Cc1ccccc1. The highest BCUT2D eigenvalue weighted by Crippen LogP contribution is 2.03. The summed E-state index contributed by atoms with van der Waals surface area (Å²) < 4.78 is 9.14. The summed E-state index contributed by atoms with van der Waals surface area (Å²) in [4.78, 5) is 86.2. The Bertz CT molecular complexity index is 1570. The van der Waals surface area contributed by atoms with Gasteiger partial charge in [-0.2, -0.15) is 0 Å². The molecule has 0 spiro atoms. The molecule has 0 aliphatic heterocycles. The zero-order valence-corrected chi connectivity index (χ0v) is 27.4. The first kappa shape index (κ1) is 41.5. The second-order valence-corrected chi connectivity index (χ2v) is 9.61. The highest BCUT2D eigenvalue weighted by molar-refractivity contribution is 6.41. The van der Waals surface area contributed by atoms with Crippen LogP contribution >= 0.6 is 0 Å². The Morgan fingerprint density at radius 2 is 0.700 bits per heavy atom. The first-order valence-electron chi connectivity index (χ1n) is 15.0. The van der Waals surface area contributed by atoms with Crippen molar-refractivity contribution in [3.8, 4) is 0 Å². The van der Waals surface area contributed by atoms with Gasteiger partial charge >= 0.3 is 23.9 Å². The van der Waals surface area contributed by atoms with Gasteiger partial charge in [-0.25, -0.2) is 19.2 Å². The number of Topliss-reactive ketones (excluding diaryl/α,β-unsaturated/α-hetero) is 4. The fourth-order valence-electron chi connectivity index (χ4n) is 3.52. The zero-order valence-electron chi connectivity index (χ0n) is 27.4. The molecule has 0 saturated heterocycles. The molecule has 0 aliphatic carbocycles. The van der Waals surface area contributed by atoms with Crippen molar-refractivity contribution in [3.63, 3.8) is 0 Å². The molecule has 260 valence electrons. The molecule has 0 bridgehead atoms. The van der Waals surface area contributed by atoms with E-state index in [-0.39, 0.29) is 26.1 Å². The van der Waals surface area contributed by atoms with Crippen LogP contribution < -0.4 is 0 Å². The fourth-order valence-corrected chi connectivity index (χ4v) is 3.52. The van der Waals surface area contributed by atoms with Crippen LogP contribution in [0.2, 0.25) is 0 Å². The number of esters is 2. The molecular weight excluding hydrogens is 648 g/mol. The minimum absolute atomic E-state index is 0.0316. The third kappa shape index (κ3) is 16.8. The Labute approximate surface area is 288 Å². The molecule has 0 aliphatic rings. The number of aliphatic carboxylic acids is 2. The summed E-state index contributed by atoms with van der Waals surface area (Å²) in [6, 6.07) is 34.3. The monoisotopic (exact) mass is 684 g/mol. The minimum atomic E-state index is -1.38. The topological polar surface area (TPSA) is 195 Å². The van der Waals surface area contributed by atoms with Gasteiger partial charge in [0, 0.05) is 24.0 Å². The van der Waals surface area contributed by atoms with E-state index in [0.717, 1.165) is 11.1 Å². The van der Waals surface area contributed by atoms with Gasteiger partial charge in [0.25, 0.3) is 11.6 Å². The summed E-state index contributed by atoms with van der Waals surface area (Å²) in [7, 11) is 0. The number of carbonyl (C=O) groups is 8. The summed E-state index contributed by atoms with van der Waals surface area (Å²) in [5.74, 6) is -7.09. The van der Waals surface area contributed by atoms with E-state index in [4.69, 9.17) is 10.2 Å². The molecule has 0 unspecified atom stereocenters. The summed E-state index contributed by atoms with van der Waals surface area (Å²) in [6.45, 7) is 3.77. The van der Waals surface area contributed by atoms with Crippen molar-refractivity contribution >= 4 is 47.0 Å². The second-order valence-electron chi connectivity index (χ2n) is 9.61. The number of rotatable bonds is 12. The lowest BCUT2D eigenvalue weighted by atomic mass is 10.1. The van der Waals surface area contributed by atoms with Crippen LogP contribution in [0.5, 0.6) is 0 Å². The van der Waals surface area contributed by atoms with Crippen LogP contribution in [0.3, 0.4) is 0 Å². The quantitative estimate of drug-likeness (QED) is 0.119. The molecule has 0 saturated carbocycles. The number of ketones is 4. The first-order chi connectivity index (χ1) is 23.9. The van der Waals surface area contributed by atoms with Crippen LogP contribution in [-0.4, -0.2) is 70.4 Å². The Balaban J connectivity index is 0.000000334. The predicted octanol–water partition coefficient (Wildman–Crippen LogP) is 4.63. The van der Waals surface area contributed by atoms with E-state index >= 15 is 0 Å². The van der Waals surface area contributed by atoms with Gasteiger partial charge in [-0.1, -0.05) is 121 Å². The van der Waals surface area contributed by atoms with Crippen LogP contribution in [-0.2, 0) is 51.1 Å². The molecule has 12 heteroatoms. The van der Waals surface area contributed by atoms with Crippen LogP contribution in [0.25, 0.3) is 0 Å². The highest BCUT2D eigenvalue weighted by atomic mass is 16.5. The van der Waals surface area contributed by atoms with Crippen LogP contribution in [0.1, 0.15) is 45.7 Å². The average Bonchev–Trinajstić information content (AvgIpc) is 3.13. The molecule has 0 aromatic heterocycles. The van der Waals surface area contributed by atoms with E-state index in [9.17, 15) is 38.4 Å². The number of hydrogen-bond acceptors (Lipinski definition) is 10. The van der Waals surface area contributed by atoms with Crippen molar-refractivity contribution in [3.05, 3.63) is 144 Å². The van der Waals surface area contributed by atoms with Crippen molar-refractivity contribution in [2.45, 2.75) is 26.7 Å². The van der Waals surface area contributed by atoms with Crippen molar-refractivity contribution in [1.82, 2.24) is 0 Å². The van der Waals surface area contributed by atoms with Gasteiger partial charge in [-0.3, -0.25) is 19.2 Å². The number of carbonyl (C=O) groups excluding carboxylic acids is 6. The highest BCUT2D eigenvalue weighted by Gasteiger charge is 2.17. The first-order valence-corrected chi connectivity index (χ1v) is 15.0. The van der Waals surface area contributed by atoms with E-state index in [2.05, 4.69) is 9.47 Å². The Hall–Kier alpha value is -6.56. The molecule has 4 rings (SSSR count). The third-order valence-corrected chi connectivity index (χ3v) is 5.89. The van der Waals surface area contributed by atoms with Gasteiger partial charge in [-0.05, 0) is 25.0 Å². The molecule has 0 heterocycles. The van der Waals surface area contributed by atoms with Crippen LogP contribution in [0.4, 0.5) is 0 Å². The summed E-state index contributed by atoms with van der Waals surface area (Å²) in [6.07, 6.45) is -0.0631. The Kier molecular flexibility index (Phi) is 19.7. The molecule has 12 nitrogen and oxygen atoms in total. The van der Waals surface area contributed by atoms with Crippen molar-refractivity contribution in [2.24, 2.45) is 0 Å². The maximum absolute atomic E-state index is 11.3. The number of ether oxygens (including phenoxy) is 2. The second kappa shape index (κ2) is 23.7. The molecular formula is C38H36O12. The van der Waals surface area contributed by atoms with Gasteiger partial charge < -0.3 is 19.7 Å². The van der Waals surface area contributed by atoms with Crippen molar-refractivity contribution in [1.29, 1.82) is 0 Å². The predicted molar refractivity (Wildman–Crippen MR) is 180 cm³/mol. The molecule has 4 aromatic rings. The maximum atomic E-state index is 11.3. The van der Waals surface area contributed by atoms with E-state index in [0.29, 0.717) is 11.1 Å². The number of carboxylic acid groups (broad SMARTS) is 2. The standard InChI is InChI=1S/2C10H10O3.2C9H8O3/c2*1-2-13-10(12)9(11)8-6-4-3-5-7-8;2*10-8(9(11)12)6-7-4-2-1-3-5-7/h2*3-7H,2H2,1H3;2*1-5H,6H2,(H,11,12). The number of hydrogen-bond donors (Lipinski definition) is 2. The molecule has 0 radical (unpaired) electrons. The lowest BCUT2D eigenvalue weighted by Crippen LogP contribution is -2.17. The minimum Gasteiger partial charge on any atom is -0.475 e. The van der Waals surface area contributed by atoms with Crippen LogP contribution in [0, 0.1) is 0 Å². The van der Waals surface area contributed by atoms with Crippen molar-refractivity contribution < 1.29 is 58.0 Å². The summed E-state index contributed by atoms with van der Waals surface area (Å²) in [5.41, 5.74) is 2.18. The van der Waals surface area contributed by atoms with Crippen molar-refractivity contribution in [2.75, 3.05) is 13.2 Å². The molecule has 50 heavy (non-hydrogen) atoms. The molecule has 0 fully saturated rings. The zero-order chi connectivity index (χ0) is 37.3. The molecule has 0 amide bonds. The largest absolute Gasteiger partial charge is 0.475 e. The van der Waals surface area contributed by atoms with Gasteiger partial charge in [0.15, 0.2) is 0 Å². The smallest absolute Gasteiger partial charge is 0.379 e. The van der Waals surface area contributed by atoms with E-state index < -0.39 is 47.0 Å². The van der Waals surface area contributed by atoms with Gasteiger partial charge in [0.2, 0.25) is 11.6 Å². The summed E-state index contributed by atoms with van der Waals surface area (Å²) >= 11 is 0. The lowest BCUT2D eigenvalue weighted by Gasteiger charge is -1.99. The normalized spacial score (nSPS) is 9.32. The number of benzene rings is 4. The van der Waals surface area contributed by atoms with E-state index in [1.807, 2.05) is 12.1 Å². The Morgan fingerprint density at radius 3 is 0.940 bits per heavy atom. The van der Waals surface area contributed by atoms with Crippen LogP contribution in [0.15, 0.2) is 121 Å². The maximum Gasteiger partial charge on any atom is 0.379 e. The summed E-state index contributed by atoms with van der Waals surface area (Å²) in [5, 5.41) is 16.6. The molecule has 2 N–H and O–H groups in total. The lowest BCUT2D eigenvalue weighted by molar-refractivity contribution is -0.148. The molecule has 0 atom stereocenters. The fraction of sp³-hybridized carbons (Fsp3) is 0.158. The van der Waals surface area contributed by atoms with Gasteiger partial charge in [-0.15, -0.1) is 0 Å². The van der Waals surface area contributed by atoms with Gasteiger partial charge in [0.05, 0.1) is 13.2 Å². The third-order valence-electron chi connectivity index (χ3n) is 5.89.